The van der Waals surface area contributed by atoms with Crippen LogP contribution in [-0.2, 0) is 10.2 Å². The Labute approximate surface area is 196 Å². The summed E-state index contributed by atoms with van der Waals surface area (Å²) in [6.45, 7) is 9.23. The minimum Gasteiger partial charge on any atom is -0.485 e. The van der Waals surface area contributed by atoms with Gasteiger partial charge in [-0.05, 0) is 74.4 Å². The molecule has 0 spiro atoms. The zero-order chi connectivity index (χ0) is 23.8. The molecule has 4 rings (SSSR count). The molecule has 1 saturated carbocycles. The number of aryl methyl sites for hydroxylation is 1. The van der Waals surface area contributed by atoms with Crippen molar-refractivity contribution in [2.24, 2.45) is 11.1 Å². The van der Waals surface area contributed by atoms with Crippen molar-refractivity contribution in [1.82, 2.24) is 10.2 Å². The summed E-state index contributed by atoms with van der Waals surface area (Å²) in [5.74, 6) is 0.978. The van der Waals surface area contributed by atoms with Crippen LogP contribution in [0.25, 0.3) is 0 Å². The monoisotopic (exact) mass is 449 g/mol. The molecule has 5 atom stereocenters. The lowest BCUT2D eigenvalue weighted by atomic mass is 9.57. The molecule has 1 saturated heterocycles. The van der Waals surface area contributed by atoms with E-state index in [-0.39, 0.29) is 23.5 Å². The lowest BCUT2D eigenvalue weighted by molar-refractivity contribution is -0.131. The first-order chi connectivity index (χ1) is 15.9. The van der Waals surface area contributed by atoms with E-state index in [0.29, 0.717) is 23.4 Å². The first-order valence-corrected chi connectivity index (χ1v) is 12.0. The first-order valence-electron chi connectivity index (χ1n) is 12.0. The number of amides is 1. The Morgan fingerprint density at radius 3 is 2.64 bits per heavy atom. The second-order valence-electron chi connectivity index (χ2n) is 9.47. The zero-order valence-electron chi connectivity index (χ0n) is 20.3. The highest BCUT2D eigenvalue weighted by Gasteiger charge is 2.62. The van der Waals surface area contributed by atoms with Crippen LogP contribution in [0.3, 0.4) is 0 Å². The highest BCUT2D eigenvalue weighted by molar-refractivity contribution is 5.88. The Hall–Kier alpha value is -2.73. The molecule has 2 unspecified atom stereocenters. The minimum atomic E-state index is -0.255. The summed E-state index contributed by atoms with van der Waals surface area (Å²) in [7, 11) is 1.87. The smallest absolute Gasteiger partial charge is 0.246 e. The molecular weight excluding hydrogens is 414 g/mol. The number of hydrogen-bond acceptors (Lipinski definition) is 5. The van der Waals surface area contributed by atoms with Crippen LogP contribution >= 0.6 is 0 Å². The molecule has 1 amide bonds. The van der Waals surface area contributed by atoms with Crippen molar-refractivity contribution in [3.8, 4) is 5.75 Å². The zero-order valence-corrected chi connectivity index (χ0v) is 20.3. The number of carbonyl (C=O) groups excluding carboxylic acids is 1. The van der Waals surface area contributed by atoms with E-state index in [4.69, 9.17) is 4.74 Å². The number of fused-ring (bicyclic) bond motifs is 3. The van der Waals surface area contributed by atoms with Gasteiger partial charge >= 0.3 is 0 Å². The first kappa shape index (κ1) is 23.4. The van der Waals surface area contributed by atoms with E-state index in [1.807, 2.05) is 56.2 Å². The van der Waals surface area contributed by atoms with Crippen molar-refractivity contribution in [3.05, 3.63) is 64.1 Å². The van der Waals surface area contributed by atoms with Crippen LogP contribution in [-0.4, -0.2) is 42.6 Å². The van der Waals surface area contributed by atoms with Crippen LogP contribution in [0.2, 0.25) is 0 Å². The Morgan fingerprint density at radius 2 is 2.03 bits per heavy atom. The average Bonchev–Trinajstić information content (AvgIpc) is 3.60. The van der Waals surface area contributed by atoms with Crippen LogP contribution in [0.1, 0.15) is 51.2 Å². The fourth-order valence-electron chi connectivity index (χ4n) is 6.23. The molecule has 2 aliphatic heterocycles. The third-order valence-electron chi connectivity index (χ3n) is 7.91. The number of rotatable bonds is 7. The van der Waals surface area contributed by atoms with Gasteiger partial charge in [0, 0.05) is 36.7 Å². The third kappa shape index (κ3) is 3.84. The summed E-state index contributed by atoms with van der Waals surface area (Å²) >= 11 is 0. The lowest BCUT2D eigenvalue weighted by Crippen LogP contribution is -2.61. The Morgan fingerprint density at radius 1 is 1.27 bits per heavy atom. The highest BCUT2D eigenvalue weighted by Crippen LogP contribution is 2.60. The van der Waals surface area contributed by atoms with Gasteiger partial charge in [0.25, 0.3) is 0 Å². The molecule has 1 aromatic rings. The molecule has 6 heteroatoms. The summed E-state index contributed by atoms with van der Waals surface area (Å²) in [5.41, 5.74) is 3.35. The normalized spacial score (nSPS) is 30.8. The number of carbonyl (C=O) groups is 1. The average molecular weight is 450 g/mol. The number of hydrogen-bond donors (Lipinski definition) is 1. The molecule has 0 radical (unpaired) electrons. The van der Waals surface area contributed by atoms with Gasteiger partial charge in [0.05, 0.1) is 6.04 Å². The Balaban J connectivity index is 1.73. The summed E-state index contributed by atoms with van der Waals surface area (Å²) in [5, 5.41) is 6.81. The van der Waals surface area contributed by atoms with Crippen molar-refractivity contribution in [2.45, 2.75) is 70.6 Å². The molecular formula is C27H35N3O3. The molecule has 6 nitrogen and oxygen atoms in total. The van der Waals surface area contributed by atoms with Gasteiger partial charge in [-0.15, -0.1) is 4.91 Å². The topological polar surface area (TPSA) is 80.9 Å². The van der Waals surface area contributed by atoms with E-state index in [9.17, 15) is 9.70 Å². The van der Waals surface area contributed by atoms with Gasteiger partial charge < -0.3 is 15.0 Å². The lowest BCUT2D eigenvalue weighted by Gasteiger charge is -2.50. The standard InChI is InChI=1S/C27H35N3O3/c1-6-9-18(7-2)11-15-23(31)30(5)22-14-12-19(21-16-28-21)27(8-3)24-17(4)10-13-20(29-32)25(24)33-26(22)27/h6-7,9-11,13,15,19,21-22,26,28H,8,12,14,16H2,1-5H3/b9-6-,15-11+,18-7+/t19?,21-,22-,26?,27+/m0/s1. The van der Waals surface area contributed by atoms with Gasteiger partial charge in [-0.2, -0.15) is 0 Å². The van der Waals surface area contributed by atoms with Crippen LogP contribution in [0.4, 0.5) is 5.69 Å². The molecule has 1 N–H and O–H groups in total. The quantitative estimate of drug-likeness (QED) is 0.272. The van der Waals surface area contributed by atoms with Crippen molar-refractivity contribution < 1.29 is 9.53 Å². The van der Waals surface area contributed by atoms with Crippen LogP contribution < -0.4 is 10.1 Å². The van der Waals surface area contributed by atoms with E-state index < -0.39 is 0 Å². The summed E-state index contributed by atoms with van der Waals surface area (Å²) in [6, 6.07) is 4.10. The Bertz CT molecular complexity index is 1020. The van der Waals surface area contributed by atoms with E-state index >= 15 is 0 Å². The van der Waals surface area contributed by atoms with E-state index in [1.54, 1.807) is 12.1 Å². The maximum absolute atomic E-state index is 13.2. The van der Waals surface area contributed by atoms with Gasteiger partial charge in [0.15, 0.2) is 5.75 Å². The van der Waals surface area contributed by atoms with E-state index in [1.165, 1.54) is 0 Å². The second-order valence-corrected chi connectivity index (χ2v) is 9.47. The van der Waals surface area contributed by atoms with Crippen molar-refractivity contribution in [1.29, 1.82) is 0 Å². The fraction of sp³-hybridized carbons (Fsp3) is 0.519. The van der Waals surface area contributed by atoms with Gasteiger partial charge in [-0.25, -0.2) is 0 Å². The second kappa shape index (κ2) is 9.26. The van der Waals surface area contributed by atoms with Crippen molar-refractivity contribution in [3.63, 3.8) is 0 Å². The van der Waals surface area contributed by atoms with Crippen LogP contribution in [0.5, 0.6) is 5.75 Å². The fourth-order valence-corrected chi connectivity index (χ4v) is 6.23. The maximum atomic E-state index is 13.2. The Kier molecular flexibility index (Phi) is 6.57. The van der Waals surface area contributed by atoms with Crippen LogP contribution in [0, 0.1) is 17.7 Å². The SMILES string of the molecule is C\C=C/C(/C=C/C(=O)N(C)[C@H]1CCC([C@@H]2CN2)[C@]2(CC)c3c(C)ccc(N=O)c3OC12)=C\C. The van der Waals surface area contributed by atoms with E-state index in [0.717, 1.165) is 42.5 Å². The van der Waals surface area contributed by atoms with E-state index in [2.05, 4.69) is 24.3 Å². The molecule has 1 aliphatic carbocycles. The van der Waals surface area contributed by atoms with Crippen LogP contribution in [0.15, 0.2) is 53.3 Å². The van der Waals surface area contributed by atoms with Gasteiger partial charge in [-0.1, -0.05) is 31.2 Å². The van der Waals surface area contributed by atoms with Gasteiger partial charge in [-0.3, -0.25) is 4.79 Å². The van der Waals surface area contributed by atoms with Crippen molar-refractivity contribution >= 4 is 11.6 Å². The summed E-state index contributed by atoms with van der Waals surface area (Å²) in [4.78, 5) is 26.7. The highest BCUT2D eigenvalue weighted by atomic mass is 16.5. The number of nitrogens with zero attached hydrogens (tertiary/aromatic N) is 2. The molecule has 0 aromatic heterocycles. The molecule has 33 heavy (non-hydrogen) atoms. The molecule has 2 heterocycles. The molecule has 1 aromatic carbocycles. The molecule has 0 bridgehead atoms. The third-order valence-corrected chi connectivity index (χ3v) is 7.91. The van der Waals surface area contributed by atoms with Crippen molar-refractivity contribution in [2.75, 3.05) is 13.6 Å². The number of allylic oxidation sites excluding steroid dienone is 5. The summed E-state index contributed by atoms with van der Waals surface area (Å²) in [6.07, 6.45) is 12.0. The number of nitroso groups, excluding NO2 is 1. The predicted octanol–water partition coefficient (Wildman–Crippen LogP) is 5.09. The molecule has 2 fully saturated rings. The number of likely N-dealkylation sites (N-methyl/N-ethyl adjacent to an activating group) is 1. The van der Waals surface area contributed by atoms with Gasteiger partial charge in [0.1, 0.15) is 11.8 Å². The molecule has 176 valence electrons. The largest absolute Gasteiger partial charge is 0.485 e. The minimum absolute atomic E-state index is 0.0399. The number of nitrogens with one attached hydrogen (secondary N) is 1. The maximum Gasteiger partial charge on any atom is 0.246 e. The number of benzene rings is 1. The van der Waals surface area contributed by atoms with Gasteiger partial charge in [0.2, 0.25) is 5.91 Å². The number of ether oxygens (including phenoxy) is 1. The predicted molar refractivity (Wildman–Crippen MR) is 132 cm³/mol. The molecule has 3 aliphatic rings. The summed E-state index contributed by atoms with van der Waals surface area (Å²) < 4.78 is 6.62.